The van der Waals surface area contributed by atoms with Crippen molar-refractivity contribution in [3.05, 3.63) is 68.5 Å². The van der Waals surface area contributed by atoms with Crippen LogP contribution in [0.2, 0.25) is 0 Å². The molecule has 24 heavy (non-hydrogen) atoms. The maximum absolute atomic E-state index is 13.9. The van der Waals surface area contributed by atoms with Gasteiger partial charge in [-0.15, -0.1) is 0 Å². The lowest BCUT2D eigenvalue weighted by Crippen LogP contribution is -2.23. The van der Waals surface area contributed by atoms with E-state index in [-0.39, 0.29) is 17.8 Å². The van der Waals surface area contributed by atoms with E-state index < -0.39 is 0 Å². The summed E-state index contributed by atoms with van der Waals surface area (Å²) in [6.45, 7) is 4.43. The number of H-pyrrole nitrogens is 1. The number of rotatable bonds is 4. The van der Waals surface area contributed by atoms with Crippen molar-refractivity contribution >= 4 is 5.65 Å². The van der Waals surface area contributed by atoms with Gasteiger partial charge in [-0.2, -0.15) is 0 Å². The highest BCUT2D eigenvalue weighted by Crippen LogP contribution is 2.17. The monoisotopic (exact) mass is 328 g/mol. The fraction of sp³-hybridized carbons (Fsp3) is 0.333. The molecule has 1 aromatic carbocycles. The molecule has 3 rings (SSSR count). The molecular weight excluding hydrogens is 307 g/mol. The second-order valence-electron chi connectivity index (χ2n) is 6.36. The van der Waals surface area contributed by atoms with Gasteiger partial charge in [-0.05, 0) is 39.6 Å². The average molecular weight is 328 g/mol. The predicted octanol–water partition coefficient (Wildman–Crippen LogP) is 2.43. The highest BCUT2D eigenvalue weighted by Gasteiger charge is 2.17. The van der Waals surface area contributed by atoms with Crippen molar-refractivity contribution < 1.29 is 4.39 Å². The molecule has 0 atom stereocenters. The Balaban J connectivity index is 2.15. The Morgan fingerprint density at radius 1 is 1.21 bits per heavy atom. The van der Waals surface area contributed by atoms with Gasteiger partial charge in [0.2, 0.25) is 0 Å². The molecule has 0 amide bonds. The van der Waals surface area contributed by atoms with Gasteiger partial charge in [0, 0.05) is 35.5 Å². The van der Waals surface area contributed by atoms with Gasteiger partial charge >= 0.3 is 0 Å². The Kier molecular flexibility index (Phi) is 4.24. The van der Waals surface area contributed by atoms with Crippen LogP contribution in [0.1, 0.15) is 28.1 Å². The van der Waals surface area contributed by atoms with Gasteiger partial charge in [0.25, 0.3) is 5.56 Å². The van der Waals surface area contributed by atoms with Gasteiger partial charge in [-0.1, -0.05) is 18.2 Å². The first kappa shape index (κ1) is 16.4. The first-order chi connectivity index (χ1) is 11.4. The standard InChI is InChI=1S/C18H21FN4O/c1-11-14(9-13-7-5-6-8-16(13)19)18(24)23-17(20-11)15(10-22(3)4)12(2)21-23/h5-8,21H,9-10H2,1-4H3. The van der Waals surface area contributed by atoms with E-state index in [1.54, 1.807) is 25.1 Å². The summed E-state index contributed by atoms with van der Waals surface area (Å²) in [6.07, 6.45) is 0.231. The summed E-state index contributed by atoms with van der Waals surface area (Å²) < 4.78 is 15.4. The number of hydrogen-bond donors (Lipinski definition) is 1. The third-order valence-corrected chi connectivity index (χ3v) is 4.18. The topological polar surface area (TPSA) is 53.4 Å². The largest absolute Gasteiger partial charge is 0.305 e. The van der Waals surface area contributed by atoms with Crippen molar-refractivity contribution in [3.8, 4) is 0 Å². The summed E-state index contributed by atoms with van der Waals surface area (Å²) in [5, 5.41) is 3.09. The van der Waals surface area contributed by atoms with Crippen LogP contribution < -0.4 is 5.56 Å². The zero-order valence-electron chi connectivity index (χ0n) is 14.4. The van der Waals surface area contributed by atoms with E-state index in [1.165, 1.54) is 10.6 Å². The molecule has 1 N–H and O–H groups in total. The van der Waals surface area contributed by atoms with E-state index in [4.69, 9.17) is 0 Å². The first-order valence-corrected chi connectivity index (χ1v) is 7.86. The molecule has 0 aliphatic rings. The van der Waals surface area contributed by atoms with Crippen LogP contribution in [0.3, 0.4) is 0 Å². The number of hydrogen-bond acceptors (Lipinski definition) is 3. The van der Waals surface area contributed by atoms with Crippen LogP contribution in [-0.4, -0.2) is 33.6 Å². The Labute approximate surface area is 139 Å². The van der Waals surface area contributed by atoms with Crippen LogP contribution in [0.5, 0.6) is 0 Å². The summed E-state index contributed by atoms with van der Waals surface area (Å²) in [6, 6.07) is 6.51. The molecule has 0 unspecified atom stereocenters. The van der Waals surface area contributed by atoms with Crippen LogP contribution in [0.15, 0.2) is 29.1 Å². The maximum Gasteiger partial charge on any atom is 0.276 e. The van der Waals surface area contributed by atoms with E-state index >= 15 is 0 Å². The molecule has 3 aromatic rings. The van der Waals surface area contributed by atoms with E-state index in [1.807, 2.05) is 25.9 Å². The summed E-state index contributed by atoms with van der Waals surface area (Å²) in [4.78, 5) is 19.5. The number of nitrogens with zero attached hydrogens (tertiary/aromatic N) is 3. The van der Waals surface area contributed by atoms with Gasteiger partial charge in [-0.25, -0.2) is 13.9 Å². The molecule has 0 aliphatic carbocycles. The summed E-state index contributed by atoms with van der Waals surface area (Å²) in [5.74, 6) is -0.308. The van der Waals surface area contributed by atoms with Crippen molar-refractivity contribution in [2.45, 2.75) is 26.8 Å². The lowest BCUT2D eigenvalue weighted by Gasteiger charge is -2.10. The number of halogens is 1. The fourth-order valence-electron chi connectivity index (χ4n) is 2.91. The lowest BCUT2D eigenvalue weighted by molar-refractivity contribution is 0.402. The third-order valence-electron chi connectivity index (χ3n) is 4.18. The highest BCUT2D eigenvalue weighted by atomic mass is 19.1. The molecule has 0 spiro atoms. The summed E-state index contributed by atoms with van der Waals surface area (Å²) in [5.41, 5.74) is 4.02. The Morgan fingerprint density at radius 3 is 2.58 bits per heavy atom. The molecule has 2 heterocycles. The second kappa shape index (κ2) is 6.20. The fourth-order valence-corrected chi connectivity index (χ4v) is 2.91. The molecule has 0 aliphatic heterocycles. The van der Waals surface area contributed by atoms with E-state index in [9.17, 15) is 9.18 Å². The molecule has 0 fully saturated rings. The van der Waals surface area contributed by atoms with Gasteiger partial charge in [0.1, 0.15) is 5.82 Å². The number of aromatic nitrogens is 3. The average Bonchev–Trinajstić information content (AvgIpc) is 2.82. The number of fused-ring (bicyclic) bond motifs is 1. The van der Waals surface area contributed by atoms with Gasteiger partial charge in [0.15, 0.2) is 5.65 Å². The summed E-state index contributed by atoms with van der Waals surface area (Å²) >= 11 is 0. The molecular formula is C18H21FN4O. The lowest BCUT2D eigenvalue weighted by atomic mass is 10.0. The van der Waals surface area contributed by atoms with E-state index in [0.29, 0.717) is 29.0 Å². The molecule has 0 saturated heterocycles. The number of aryl methyl sites for hydroxylation is 2. The van der Waals surface area contributed by atoms with E-state index in [0.717, 1.165) is 11.3 Å². The molecule has 0 bridgehead atoms. The number of aromatic amines is 1. The van der Waals surface area contributed by atoms with Crippen molar-refractivity contribution in [2.75, 3.05) is 14.1 Å². The Hall–Kier alpha value is -2.47. The van der Waals surface area contributed by atoms with Crippen LogP contribution in [0, 0.1) is 19.7 Å². The molecule has 126 valence electrons. The first-order valence-electron chi connectivity index (χ1n) is 7.86. The quantitative estimate of drug-likeness (QED) is 0.800. The zero-order chi connectivity index (χ0) is 17.4. The predicted molar refractivity (Wildman–Crippen MR) is 91.9 cm³/mol. The van der Waals surface area contributed by atoms with Crippen molar-refractivity contribution in [1.82, 2.24) is 19.5 Å². The van der Waals surface area contributed by atoms with Crippen LogP contribution in [0.25, 0.3) is 5.65 Å². The summed E-state index contributed by atoms with van der Waals surface area (Å²) in [7, 11) is 3.95. The van der Waals surface area contributed by atoms with Crippen molar-refractivity contribution in [3.63, 3.8) is 0 Å². The van der Waals surface area contributed by atoms with Crippen LogP contribution in [-0.2, 0) is 13.0 Å². The minimum atomic E-state index is -0.308. The van der Waals surface area contributed by atoms with E-state index in [2.05, 4.69) is 10.1 Å². The minimum absolute atomic E-state index is 0.172. The normalized spacial score (nSPS) is 11.6. The Bertz CT molecular complexity index is 956. The zero-order valence-corrected chi connectivity index (χ0v) is 14.4. The highest BCUT2D eigenvalue weighted by molar-refractivity contribution is 5.51. The third kappa shape index (κ3) is 2.85. The molecule has 2 aromatic heterocycles. The smallest absolute Gasteiger partial charge is 0.276 e. The Morgan fingerprint density at radius 2 is 1.92 bits per heavy atom. The van der Waals surface area contributed by atoms with Crippen molar-refractivity contribution in [2.24, 2.45) is 0 Å². The minimum Gasteiger partial charge on any atom is -0.305 e. The molecule has 0 radical (unpaired) electrons. The van der Waals surface area contributed by atoms with Crippen molar-refractivity contribution in [1.29, 1.82) is 0 Å². The van der Waals surface area contributed by atoms with Gasteiger partial charge in [0.05, 0.1) is 0 Å². The SMILES string of the molecule is Cc1nc2c(CN(C)C)c(C)[nH]n2c(=O)c1Cc1ccccc1F. The molecule has 0 saturated carbocycles. The molecule has 5 nitrogen and oxygen atoms in total. The maximum atomic E-state index is 13.9. The number of benzene rings is 1. The van der Waals surface area contributed by atoms with Crippen LogP contribution >= 0.6 is 0 Å². The number of nitrogens with one attached hydrogen (secondary N) is 1. The van der Waals surface area contributed by atoms with Gasteiger partial charge in [-0.3, -0.25) is 9.89 Å². The molecule has 6 heteroatoms. The van der Waals surface area contributed by atoms with Gasteiger partial charge < -0.3 is 4.90 Å². The second-order valence-corrected chi connectivity index (χ2v) is 6.36. The van der Waals surface area contributed by atoms with Crippen LogP contribution in [0.4, 0.5) is 4.39 Å².